The second-order valence-corrected chi connectivity index (χ2v) is 5.18. The first kappa shape index (κ1) is 8.88. The minimum atomic E-state index is -3.42. The summed E-state index contributed by atoms with van der Waals surface area (Å²) in [5.74, 6) is 0. The lowest BCUT2D eigenvalue weighted by Crippen LogP contribution is -2.21. The van der Waals surface area contributed by atoms with Crippen molar-refractivity contribution in [2.45, 2.75) is 11.4 Å². The molecule has 0 aliphatic carbocycles. The van der Waals surface area contributed by atoms with Gasteiger partial charge in [0.15, 0.2) is 0 Å². The molecule has 4 heteroatoms. The van der Waals surface area contributed by atoms with E-state index in [-0.39, 0.29) is 6.54 Å². The van der Waals surface area contributed by atoms with Crippen LogP contribution in [0.1, 0.15) is 5.56 Å². The van der Waals surface area contributed by atoms with E-state index in [0.29, 0.717) is 4.90 Å². The van der Waals surface area contributed by atoms with Crippen LogP contribution in [-0.4, -0.2) is 8.42 Å². The van der Waals surface area contributed by atoms with Crippen molar-refractivity contribution in [3.8, 4) is 0 Å². The van der Waals surface area contributed by atoms with E-state index in [4.69, 9.17) is 0 Å². The molecule has 15 heavy (non-hydrogen) atoms. The Morgan fingerprint density at radius 2 is 1.80 bits per heavy atom. The number of benzene rings is 2. The highest BCUT2D eigenvalue weighted by molar-refractivity contribution is 7.89. The summed E-state index contributed by atoms with van der Waals surface area (Å²) in [6.45, 7) is 0.261. The number of nitrogens with zero attached hydrogens (tertiary/aromatic N) is 1. The van der Waals surface area contributed by atoms with Gasteiger partial charge in [0, 0.05) is 5.39 Å². The lowest BCUT2D eigenvalue weighted by Gasteiger charge is -2.16. The van der Waals surface area contributed by atoms with Crippen LogP contribution < -0.4 is 4.72 Å². The maximum Gasteiger partial charge on any atom is 0.257 e. The molecule has 0 amide bonds. The van der Waals surface area contributed by atoms with Crippen molar-refractivity contribution in [2.24, 2.45) is 0 Å². The molecule has 2 aromatic carbocycles. The molecule has 0 unspecified atom stereocenters. The first-order valence-electron chi connectivity index (χ1n) is 4.63. The van der Waals surface area contributed by atoms with Crippen molar-refractivity contribution in [3.05, 3.63) is 42.0 Å². The van der Waals surface area contributed by atoms with E-state index in [1.165, 1.54) is 0 Å². The van der Waals surface area contributed by atoms with E-state index < -0.39 is 10.0 Å². The Bertz CT molecular complexity index is 641. The molecule has 0 fully saturated rings. The van der Waals surface area contributed by atoms with E-state index >= 15 is 0 Å². The minimum absolute atomic E-state index is 0.261. The zero-order chi connectivity index (χ0) is 10.5. The molecule has 2 aromatic rings. The van der Waals surface area contributed by atoms with Crippen molar-refractivity contribution >= 4 is 20.8 Å². The predicted molar refractivity (Wildman–Crippen MR) is 57.0 cm³/mol. The summed E-state index contributed by atoms with van der Waals surface area (Å²) >= 11 is 0. The highest BCUT2D eigenvalue weighted by Gasteiger charge is 2.24. The van der Waals surface area contributed by atoms with Gasteiger partial charge in [-0.1, -0.05) is 30.3 Å². The van der Waals surface area contributed by atoms with Crippen LogP contribution in [0, 0.1) is 0 Å². The molecule has 1 aliphatic rings. The third kappa shape index (κ3) is 1.19. The molecule has 0 aromatic heterocycles. The fourth-order valence-corrected chi connectivity index (χ4v) is 3.16. The van der Waals surface area contributed by atoms with Gasteiger partial charge in [-0.2, -0.15) is 0 Å². The zero-order valence-electron chi connectivity index (χ0n) is 7.84. The zero-order valence-corrected chi connectivity index (χ0v) is 8.66. The summed E-state index contributed by atoms with van der Waals surface area (Å²) in [5.41, 5.74) is 0.984. The first-order chi connectivity index (χ1) is 7.18. The van der Waals surface area contributed by atoms with Crippen molar-refractivity contribution in [1.82, 2.24) is 4.72 Å². The van der Waals surface area contributed by atoms with Crippen molar-refractivity contribution in [2.75, 3.05) is 0 Å². The van der Waals surface area contributed by atoms with E-state index in [9.17, 15) is 8.42 Å². The largest absolute Gasteiger partial charge is 0.257 e. The topological polar surface area (TPSA) is 48.2 Å². The second-order valence-electron chi connectivity index (χ2n) is 3.53. The molecule has 0 spiro atoms. The number of sulfonamides is 1. The van der Waals surface area contributed by atoms with Crippen LogP contribution in [0.25, 0.3) is 10.8 Å². The second kappa shape index (κ2) is 2.81. The molecule has 3 nitrogen and oxygen atoms in total. The van der Waals surface area contributed by atoms with Gasteiger partial charge in [-0.25, -0.2) is 8.42 Å². The Kier molecular flexibility index (Phi) is 1.66. The fourth-order valence-electron chi connectivity index (χ4n) is 1.95. The van der Waals surface area contributed by atoms with Crippen molar-refractivity contribution in [3.63, 3.8) is 0 Å². The lowest BCUT2D eigenvalue weighted by atomic mass is 10.0. The molecule has 0 saturated heterocycles. The van der Waals surface area contributed by atoms with Gasteiger partial charge in [0.25, 0.3) is 10.0 Å². The summed E-state index contributed by atoms with van der Waals surface area (Å²) in [6.07, 6.45) is 0. The molecule has 1 radical (unpaired) electrons. The Morgan fingerprint density at radius 3 is 2.60 bits per heavy atom. The smallest absolute Gasteiger partial charge is 0.206 e. The molecular formula is C11H8NO2S. The van der Waals surface area contributed by atoms with Gasteiger partial charge in [-0.05, 0) is 17.0 Å². The Hall–Kier alpha value is -1.39. The van der Waals surface area contributed by atoms with Crippen LogP contribution in [0.15, 0.2) is 41.3 Å². The molecule has 0 atom stereocenters. The van der Waals surface area contributed by atoms with Gasteiger partial charge in [0.1, 0.15) is 0 Å². The monoisotopic (exact) mass is 218 g/mol. The average molecular weight is 218 g/mol. The standard InChI is InChI=1S/C11H8NO2S/c13-15(14)10-6-2-4-8-3-1-5-9(7-12-15)11(8)10/h1-6H,7H2. The Morgan fingerprint density at radius 1 is 1.07 bits per heavy atom. The summed E-state index contributed by atoms with van der Waals surface area (Å²) < 4.78 is 27.1. The number of hydrogen-bond donors (Lipinski definition) is 0. The van der Waals surface area contributed by atoms with Gasteiger partial charge >= 0.3 is 0 Å². The number of rotatable bonds is 0. The van der Waals surface area contributed by atoms with Crippen LogP contribution in [-0.2, 0) is 16.6 Å². The van der Waals surface area contributed by atoms with E-state index in [0.717, 1.165) is 16.3 Å². The van der Waals surface area contributed by atoms with Crippen molar-refractivity contribution in [1.29, 1.82) is 0 Å². The van der Waals surface area contributed by atoms with Gasteiger partial charge in [0.2, 0.25) is 0 Å². The average Bonchev–Trinajstić information content (AvgIpc) is 2.24. The number of hydrogen-bond acceptors (Lipinski definition) is 2. The van der Waals surface area contributed by atoms with E-state index in [1.54, 1.807) is 12.1 Å². The minimum Gasteiger partial charge on any atom is -0.206 e. The van der Waals surface area contributed by atoms with Crippen LogP contribution in [0.4, 0.5) is 0 Å². The van der Waals surface area contributed by atoms with Crippen LogP contribution in [0.5, 0.6) is 0 Å². The molecule has 75 valence electrons. The maximum absolute atomic E-state index is 11.7. The molecule has 0 N–H and O–H groups in total. The van der Waals surface area contributed by atoms with Crippen LogP contribution in [0.2, 0.25) is 0 Å². The third-order valence-corrected chi connectivity index (χ3v) is 4.00. The highest BCUT2D eigenvalue weighted by atomic mass is 32.2. The molecule has 1 heterocycles. The summed E-state index contributed by atoms with van der Waals surface area (Å²) in [6, 6.07) is 11.1. The fraction of sp³-hybridized carbons (Fsp3) is 0.0909. The molecule has 0 bridgehead atoms. The molecule has 0 saturated carbocycles. The summed E-state index contributed by atoms with van der Waals surface area (Å²) in [5, 5.41) is 1.79. The molecular weight excluding hydrogens is 210 g/mol. The SMILES string of the molecule is O=S1(=O)[N]Cc2cccc3cccc1c23. The normalized spacial score (nSPS) is 17.9. The van der Waals surface area contributed by atoms with E-state index in [1.807, 2.05) is 24.3 Å². The lowest BCUT2D eigenvalue weighted by molar-refractivity contribution is 0.578. The van der Waals surface area contributed by atoms with Gasteiger partial charge in [0.05, 0.1) is 11.4 Å². The van der Waals surface area contributed by atoms with Gasteiger partial charge < -0.3 is 0 Å². The Balaban J connectivity index is 2.58. The third-order valence-electron chi connectivity index (χ3n) is 2.64. The first-order valence-corrected chi connectivity index (χ1v) is 6.07. The predicted octanol–water partition coefficient (Wildman–Crippen LogP) is 1.65. The quantitative estimate of drug-likeness (QED) is 0.675. The van der Waals surface area contributed by atoms with E-state index in [2.05, 4.69) is 4.72 Å². The maximum atomic E-state index is 11.7. The highest BCUT2D eigenvalue weighted by Crippen LogP contribution is 2.30. The van der Waals surface area contributed by atoms with Crippen LogP contribution >= 0.6 is 0 Å². The van der Waals surface area contributed by atoms with Crippen LogP contribution in [0.3, 0.4) is 0 Å². The molecule has 1 aliphatic heterocycles. The van der Waals surface area contributed by atoms with Crippen molar-refractivity contribution < 1.29 is 8.42 Å². The Labute approximate surface area is 87.8 Å². The summed E-state index contributed by atoms with van der Waals surface area (Å²) in [7, 11) is -3.42. The van der Waals surface area contributed by atoms with Gasteiger partial charge in [-0.15, -0.1) is 4.72 Å². The summed E-state index contributed by atoms with van der Waals surface area (Å²) in [4.78, 5) is 0.335. The van der Waals surface area contributed by atoms with Gasteiger partial charge in [-0.3, -0.25) is 0 Å². The molecule has 3 rings (SSSR count).